The molecule has 0 aliphatic rings. The lowest BCUT2D eigenvalue weighted by Crippen LogP contribution is -2.08. The van der Waals surface area contributed by atoms with Crippen LogP contribution < -0.4 is 9.47 Å². The van der Waals surface area contributed by atoms with Gasteiger partial charge < -0.3 is 18.9 Å². The van der Waals surface area contributed by atoms with Gasteiger partial charge in [0.2, 0.25) is 0 Å². The zero-order chi connectivity index (χ0) is 20.2. The van der Waals surface area contributed by atoms with Gasteiger partial charge in [-0.25, -0.2) is 9.59 Å². The molecule has 0 aliphatic carbocycles. The molecule has 1 aromatic carbocycles. The van der Waals surface area contributed by atoms with Crippen molar-refractivity contribution in [3.8, 4) is 11.5 Å². The normalized spacial score (nSPS) is 9.67. The van der Waals surface area contributed by atoms with E-state index in [1.54, 1.807) is 12.1 Å². The first-order chi connectivity index (χ1) is 12.9. The highest BCUT2D eigenvalue weighted by Crippen LogP contribution is 2.30. The van der Waals surface area contributed by atoms with Gasteiger partial charge in [0, 0.05) is 37.1 Å². The molecule has 7 nitrogen and oxygen atoms in total. The number of carbonyl (C=O) groups excluding carboxylic acids is 3. The summed E-state index contributed by atoms with van der Waals surface area (Å²) in [6, 6.07) is 4.85. The van der Waals surface area contributed by atoms with E-state index in [-0.39, 0.29) is 19.0 Å². The van der Waals surface area contributed by atoms with E-state index in [4.69, 9.17) is 18.9 Å². The van der Waals surface area contributed by atoms with Crippen LogP contribution in [0.1, 0.15) is 18.9 Å². The van der Waals surface area contributed by atoms with Gasteiger partial charge in [-0.15, -0.1) is 0 Å². The van der Waals surface area contributed by atoms with E-state index in [0.717, 1.165) is 12.2 Å². The van der Waals surface area contributed by atoms with Crippen LogP contribution in [0.3, 0.4) is 0 Å². The molecule has 144 valence electrons. The van der Waals surface area contributed by atoms with Gasteiger partial charge in [0.15, 0.2) is 0 Å². The summed E-state index contributed by atoms with van der Waals surface area (Å²) in [5, 5.41) is 0. The third kappa shape index (κ3) is 8.04. The van der Waals surface area contributed by atoms with Crippen molar-refractivity contribution >= 4 is 23.5 Å². The Morgan fingerprint density at radius 2 is 1.70 bits per heavy atom. The third-order valence-electron chi connectivity index (χ3n) is 3.11. The van der Waals surface area contributed by atoms with Crippen LogP contribution in [0.15, 0.2) is 50.1 Å². The zero-order valence-corrected chi connectivity index (χ0v) is 15.2. The number of carbonyl (C=O) groups is 3. The van der Waals surface area contributed by atoms with Gasteiger partial charge in [0.25, 0.3) is 0 Å². The van der Waals surface area contributed by atoms with Crippen LogP contribution in [0, 0.1) is 0 Å². The molecule has 0 aliphatic heterocycles. The number of hydrogen-bond acceptors (Lipinski definition) is 7. The van der Waals surface area contributed by atoms with Crippen molar-refractivity contribution in [3.63, 3.8) is 0 Å². The molecule has 0 unspecified atom stereocenters. The van der Waals surface area contributed by atoms with Gasteiger partial charge in [-0.1, -0.05) is 19.7 Å². The molecule has 0 spiro atoms. The Bertz CT molecular complexity index is 734. The molecule has 7 heteroatoms. The highest BCUT2D eigenvalue weighted by atomic mass is 16.5. The van der Waals surface area contributed by atoms with E-state index >= 15 is 0 Å². The van der Waals surface area contributed by atoms with Gasteiger partial charge >= 0.3 is 17.9 Å². The topological polar surface area (TPSA) is 88.1 Å². The molecule has 0 heterocycles. The minimum absolute atomic E-state index is 0.0754. The van der Waals surface area contributed by atoms with Crippen molar-refractivity contribution in [2.75, 3.05) is 19.8 Å². The summed E-state index contributed by atoms with van der Waals surface area (Å²) in [7, 11) is 0. The first-order valence-electron chi connectivity index (χ1n) is 8.09. The van der Waals surface area contributed by atoms with Crippen molar-refractivity contribution in [2.45, 2.75) is 13.3 Å². The molecule has 0 amide bonds. The average molecular weight is 374 g/mol. The molecule has 0 saturated carbocycles. The van der Waals surface area contributed by atoms with Crippen LogP contribution >= 0.6 is 0 Å². The van der Waals surface area contributed by atoms with E-state index in [1.165, 1.54) is 13.0 Å². The summed E-state index contributed by atoms with van der Waals surface area (Å²) >= 11 is 0. The van der Waals surface area contributed by atoms with E-state index in [2.05, 4.69) is 19.7 Å². The summed E-state index contributed by atoms with van der Waals surface area (Å²) < 4.78 is 20.5. The molecule has 27 heavy (non-hydrogen) atoms. The molecule has 0 aromatic heterocycles. The van der Waals surface area contributed by atoms with Crippen LogP contribution in [-0.2, 0) is 23.9 Å². The Labute approximate surface area is 157 Å². The SMILES string of the molecule is C=CC(=O)OCCCOc1ccc(C(=C)COC(=O)C=C)c(OC(C)=O)c1. The van der Waals surface area contributed by atoms with Crippen LogP contribution in [0.4, 0.5) is 0 Å². The second-order valence-corrected chi connectivity index (χ2v) is 5.24. The maximum Gasteiger partial charge on any atom is 0.330 e. The van der Waals surface area contributed by atoms with Crippen molar-refractivity contribution in [1.29, 1.82) is 0 Å². The summed E-state index contributed by atoms with van der Waals surface area (Å²) in [6.07, 6.45) is 2.61. The smallest absolute Gasteiger partial charge is 0.330 e. The Morgan fingerprint density at radius 1 is 1.04 bits per heavy atom. The Balaban J connectivity index is 2.74. The second-order valence-electron chi connectivity index (χ2n) is 5.24. The Kier molecular flexibility index (Phi) is 9.08. The fourth-order valence-corrected chi connectivity index (χ4v) is 1.90. The minimum Gasteiger partial charge on any atom is -0.493 e. The molecule has 0 atom stereocenters. The quantitative estimate of drug-likeness (QED) is 0.255. The molecule has 0 saturated heterocycles. The van der Waals surface area contributed by atoms with Crippen LogP contribution in [-0.4, -0.2) is 37.7 Å². The highest BCUT2D eigenvalue weighted by molar-refractivity contribution is 5.83. The molecular weight excluding hydrogens is 352 g/mol. The first kappa shape index (κ1) is 21.7. The number of rotatable bonds is 11. The van der Waals surface area contributed by atoms with Crippen LogP contribution in [0.2, 0.25) is 0 Å². The van der Waals surface area contributed by atoms with Crippen molar-refractivity contribution in [3.05, 3.63) is 55.7 Å². The van der Waals surface area contributed by atoms with Gasteiger partial charge in [0.05, 0.1) is 13.2 Å². The summed E-state index contributed by atoms with van der Waals surface area (Å²) in [5.41, 5.74) is 0.957. The molecule has 0 radical (unpaired) electrons. The number of esters is 3. The monoisotopic (exact) mass is 374 g/mol. The lowest BCUT2D eigenvalue weighted by molar-refractivity contribution is -0.138. The van der Waals surface area contributed by atoms with E-state index in [0.29, 0.717) is 29.9 Å². The second kappa shape index (κ2) is 11.3. The minimum atomic E-state index is -0.581. The Hall–Kier alpha value is -3.35. The predicted molar refractivity (Wildman–Crippen MR) is 99.2 cm³/mol. The van der Waals surface area contributed by atoms with Crippen LogP contribution in [0.5, 0.6) is 11.5 Å². The fraction of sp³-hybridized carbons (Fsp3) is 0.250. The maximum atomic E-state index is 11.4. The van der Waals surface area contributed by atoms with Crippen molar-refractivity contribution in [1.82, 2.24) is 0 Å². The first-order valence-corrected chi connectivity index (χ1v) is 8.09. The summed E-state index contributed by atoms with van der Waals surface area (Å²) in [5.74, 6) is -0.895. The molecular formula is C20H22O7. The lowest BCUT2D eigenvalue weighted by atomic mass is 10.1. The summed E-state index contributed by atoms with van der Waals surface area (Å²) in [4.78, 5) is 33.5. The van der Waals surface area contributed by atoms with Gasteiger partial charge in [0.1, 0.15) is 18.1 Å². The number of hydrogen-bond donors (Lipinski definition) is 0. The molecule has 0 N–H and O–H groups in total. The standard InChI is InChI=1S/C20H22O7/c1-5-19(22)25-11-7-10-24-16-8-9-17(18(12-16)27-15(4)21)14(3)13-26-20(23)6-2/h5-6,8-9,12H,1-3,7,10-11,13H2,4H3. The highest BCUT2D eigenvalue weighted by Gasteiger charge is 2.13. The van der Waals surface area contributed by atoms with Crippen molar-refractivity contribution < 1.29 is 33.3 Å². The zero-order valence-electron chi connectivity index (χ0n) is 15.2. The van der Waals surface area contributed by atoms with Gasteiger partial charge in [-0.05, 0) is 17.7 Å². The predicted octanol–water partition coefficient (Wildman–Crippen LogP) is 2.85. The van der Waals surface area contributed by atoms with Crippen molar-refractivity contribution in [2.24, 2.45) is 0 Å². The fourth-order valence-electron chi connectivity index (χ4n) is 1.90. The van der Waals surface area contributed by atoms with Crippen LogP contribution in [0.25, 0.3) is 5.57 Å². The Morgan fingerprint density at radius 3 is 2.33 bits per heavy atom. The van der Waals surface area contributed by atoms with E-state index in [9.17, 15) is 14.4 Å². The summed E-state index contributed by atoms with van der Waals surface area (Å²) in [6.45, 7) is 12.1. The molecule has 0 bridgehead atoms. The van der Waals surface area contributed by atoms with Gasteiger partial charge in [-0.3, -0.25) is 4.79 Å². The van der Waals surface area contributed by atoms with E-state index in [1.807, 2.05) is 0 Å². The van der Waals surface area contributed by atoms with E-state index < -0.39 is 17.9 Å². The molecule has 1 aromatic rings. The maximum absolute atomic E-state index is 11.4. The largest absolute Gasteiger partial charge is 0.493 e. The van der Waals surface area contributed by atoms with Gasteiger partial charge in [-0.2, -0.15) is 0 Å². The number of benzene rings is 1. The number of ether oxygens (including phenoxy) is 4. The lowest BCUT2D eigenvalue weighted by Gasteiger charge is -2.14. The molecule has 1 rings (SSSR count). The third-order valence-corrected chi connectivity index (χ3v) is 3.11. The average Bonchev–Trinajstić information content (AvgIpc) is 2.64. The molecule has 0 fully saturated rings.